The van der Waals surface area contributed by atoms with E-state index in [2.05, 4.69) is 27.9 Å². The number of methoxy groups -OCH3 is 1. The number of carbonyl (C=O) groups is 3. The molecule has 1 aromatic rings. The second-order valence-electron chi connectivity index (χ2n) is 5.68. The molecule has 2 amide bonds. The van der Waals surface area contributed by atoms with E-state index in [0.717, 1.165) is 16.9 Å². The molecule has 0 radical (unpaired) electrons. The molecule has 1 aromatic carbocycles. The van der Waals surface area contributed by atoms with Crippen molar-refractivity contribution in [2.45, 2.75) is 18.0 Å². The number of β-lactam (4-membered cyclic amide) rings is 1. The van der Waals surface area contributed by atoms with Gasteiger partial charge in [-0.1, -0.05) is 34.7 Å². The fraction of sp³-hybridized carbons (Fsp3) is 0.353. The van der Waals surface area contributed by atoms with Gasteiger partial charge in [0.15, 0.2) is 0 Å². The Labute approximate surface area is 168 Å². The van der Waals surface area contributed by atoms with Gasteiger partial charge in [0.25, 0.3) is 5.91 Å². The SMILES string of the molecule is COc1ccc(COC(=O)C2=C(CI)CS[C@H]3C(NC=O)C(=O)N23)cc1. The number of amides is 2. The molecule has 1 fully saturated rings. The highest BCUT2D eigenvalue weighted by molar-refractivity contribution is 14.1. The van der Waals surface area contributed by atoms with Crippen molar-refractivity contribution >= 4 is 52.6 Å². The van der Waals surface area contributed by atoms with Crippen molar-refractivity contribution in [3.05, 3.63) is 41.1 Å². The third kappa shape index (κ3) is 3.54. The number of thioether (sulfide) groups is 1. The quantitative estimate of drug-likeness (QED) is 0.206. The number of nitrogens with one attached hydrogen (secondary N) is 1. The molecular weight excluding hydrogens is 471 g/mol. The second-order valence-corrected chi connectivity index (χ2v) is 7.55. The van der Waals surface area contributed by atoms with Crippen LogP contribution in [0.4, 0.5) is 0 Å². The molecule has 0 saturated carbocycles. The summed E-state index contributed by atoms with van der Waals surface area (Å²) < 4.78 is 11.2. The number of hydrogen-bond acceptors (Lipinski definition) is 6. The summed E-state index contributed by atoms with van der Waals surface area (Å²) in [6, 6.07) is 6.63. The molecule has 26 heavy (non-hydrogen) atoms. The number of fused-ring (bicyclic) bond motifs is 1. The summed E-state index contributed by atoms with van der Waals surface area (Å²) in [5.74, 6) is 0.548. The lowest BCUT2D eigenvalue weighted by atomic mass is 10.0. The zero-order chi connectivity index (χ0) is 18.7. The molecule has 2 heterocycles. The number of carbonyl (C=O) groups excluding carboxylic acids is 3. The third-order valence-corrected chi connectivity index (χ3v) is 6.44. The molecular formula is C17H17IN2O5S. The summed E-state index contributed by atoms with van der Waals surface area (Å²) in [7, 11) is 1.58. The highest BCUT2D eigenvalue weighted by Crippen LogP contribution is 2.41. The van der Waals surface area contributed by atoms with Crippen molar-refractivity contribution in [1.82, 2.24) is 10.2 Å². The van der Waals surface area contributed by atoms with E-state index in [1.807, 2.05) is 12.1 Å². The predicted molar refractivity (Wildman–Crippen MR) is 105 cm³/mol. The van der Waals surface area contributed by atoms with E-state index >= 15 is 0 Å². The molecule has 1 unspecified atom stereocenters. The molecule has 138 valence electrons. The molecule has 1 N–H and O–H groups in total. The Kier molecular flexibility index (Phi) is 6.07. The molecule has 7 nitrogen and oxygen atoms in total. The van der Waals surface area contributed by atoms with Crippen molar-refractivity contribution in [3.8, 4) is 5.75 Å². The molecule has 2 atom stereocenters. The maximum Gasteiger partial charge on any atom is 0.355 e. The van der Waals surface area contributed by atoms with Gasteiger partial charge in [0.1, 0.15) is 29.5 Å². The molecule has 9 heteroatoms. The van der Waals surface area contributed by atoms with Gasteiger partial charge in [0.2, 0.25) is 6.41 Å². The van der Waals surface area contributed by atoms with E-state index in [4.69, 9.17) is 9.47 Å². The second kappa shape index (κ2) is 8.30. The number of ether oxygens (including phenoxy) is 2. The van der Waals surface area contributed by atoms with Gasteiger partial charge >= 0.3 is 5.97 Å². The first-order valence-corrected chi connectivity index (χ1v) is 10.4. The van der Waals surface area contributed by atoms with Crippen LogP contribution in [0.15, 0.2) is 35.5 Å². The zero-order valence-corrected chi connectivity index (χ0v) is 16.9. The van der Waals surface area contributed by atoms with E-state index in [1.165, 1.54) is 16.7 Å². The van der Waals surface area contributed by atoms with Crippen molar-refractivity contribution < 1.29 is 23.9 Å². The van der Waals surface area contributed by atoms with Crippen LogP contribution in [-0.2, 0) is 25.7 Å². The van der Waals surface area contributed by atoms with Crippen LogP contribution in [0, 0.1) is 0 Å². The maximum atomic E-state index is 12.7. The summed E-state index contributed by atoms with van der Waals surface area (Å²) >= 11 is 3.71. The molecule has 2 aliphatic heterocycles. The third-order valence-electron chi connectivity index (χ3n) is 4.18. The van der Waals surface area contributed by atoms with Crippen molar-refractivity contribution in [2.75, 3.05) is 17.3 Å². The van der Waals surface area contributed by atoms with Gasteiger partial charge in [0.05, 0.1) is 7.11 Å². The number of alkyl halides is 1. The lowest BCUT2D eigenvalue weighted by Crippen LogP contribution is -2.69. The summed E-state index contributed by atoms with van der Waals surface area (Å²) in [4.78, 5) is 37.1. The maximum absolute atomic E-state index is 12.7. The van der Waals surface area contributed by atoms with Gasteiger partial charge in [-0.05, 0) is 23.3 Å². The first-order valence-electron chi connectivity index (χ1n) is 7.83. The Balaban J connectivity index is 1.72. The lowest BCUT2D eigenvalue weighted by Gasteiger charge is -2.49. The summed E-state index contributed by atoms with van der Waals surface area (Å²) in [5.41, 5.74) is 2.00. The van der Waals surface area contributed by atoms with Gasteiger partial charge in [-0.25, -0.2) is 4.79 Å². The Morgan fingerprint density at radius 1 is 1.42 bits per heavy atom. The van der Waals surface area contributed by atoms with E-state index in [9.17, 15) is 14.4 Å². The Hall–Kier alpha value is -1.75. The minimum atomic E-state index is -0.586. The van der Waals surface area contributed by atoms with Crippen LogP contribution in [0.5, 0.6) is 5.75 Å². The Morgan fingerprint density at radius 3 is 2.77 bits per heavy atom. The smallest absolute Gasteiger partial charge is 0.355 e. The highest BCUT2D eigenvalue weighted by Gasteiger charge is 2.53. The minimum Gasteiger partial charge on any atom is -0.497 e. The van der Waals surface area contributed by atoms with Crippen molar-refractivity contribution in [1.29, 1.82) is 0 Å². The Bertz CT molecular complexity index is 752. The van der Waals surface area contributed by atoms with Gasteiger partial charge in [-0.2, -0.15) is 0 Å². The molecule has 3 rings (SSSR count). The fourth-order valence-corrected chi connectivity index (χ4v) is 5.16. The number of esters is 1. The van der Waals surface area contributed by atoms with Crippen LogP contribution in [-0.4, -0.2) is 51.9 Å². The predicted octanol–water partition coefficient (Wildman–Crippen LogP) is 1.46. The monoisotopic (exact) mass is 488 g/mol. The molecule has 1 saturated heterocycles. The topological polar surface area (TPSA) is 84.9 Å². The zero-order valence-electron chi connectivity index (χ0n) is 13.9. The lowest BCUT2D eigenvalue weighted by molar-refractivity contribution is -0.152. The van der Waals surface area contributed by atoms with Gasteiger partial charge in [-0.3, -0.25) is 14.5 Å². The van der Waals surface area contributed by atoms with Gasteiger partial charge in [-0.15, -0.1) is 11.8 Å². The largest absolute Gasteiger partial charge is 0.497 e. The standard InChI is InChI=1S/C17H17IN2O5S/c1-24-12-4-2-10(3-5-12)7-25-17(23)14-11(6-18)8-26-16-13(19-9-21)15(22)20(14)16/h2-5,9,13,16H,6-8H2,1H3,(H,19,21)/t13?,16-/m0/s1. The summed E-state index contributed by atoms with van der Waals surface area (Å²) in [5, 5.41) is 2.25. The first kappa shape index (κ1) is 19.0. The van der Waals surface area contributed by atoms with Gasteiger partial charge in [0, 0.05) is 10.2 Å². The molecule has 0 spiro atoms. The van der Waals surface area contributed by atoms with E-state index in [0.29, 0.717) is 22.3 Å². The average Bonchev–Trinajstić information content (AvgIpc) is 2.69. The number of benzene rings is 1. The van der Waals surface area contributed by atoms with E-state index in [1.54, 1.807) is 19.2 Å². The van der Waals surface area contributed by atoms with Gasteiger partial charge < -0.3 is 14.8 Å². The number of halogens is 1. The Morgan fingerprint density at radius 2 is 2.15 bits per heavy atom. The van der Waals surface area contributed by atoms with Crippen LogP contribution in [0.25, 0.3) is 0 Å². The molecule has 0 aromatic heterocycles. The van der Waals surface area contributed by atoms with Crippen LogP contribution in [0.2, 0.25) is 0 Å². The minimum absolute atomic E-state index is 0.108. The highest BCUT2D eigenvalue weighted by atomic mass is 127. The van der Waals surface area contributed by atoms with E-state index in [-0.39, 0.29) is 17.9 Å². The van der Waals surface area contributed by atoms with Crippen molar-refractivity contribution in [3.63, 3.8) is 0 Å². The van der Waals surface area contributed by atoms with Crippen LogP contribution in [0.1, 0.15) is 5.56 Å². The summed E-state index contributed by atoms with van der Waals surface area (Å²) in [6.45, 7) is 0.108. The first-order chi connectivity index (χ1) is 12.6. The molecule has 2 aliphatic rings. The fourth-order valence-electron chi connectivity index (χ4n) is 2.81. The van der Waals surface area contributed by atoms with Crippen LogP contribution in [0.3, 0.4) is 0 Å². The number of nitrogens with zero attached hydrogens (tertiary/aromatic N) is 1. The molecule has 0 bridgehead atoms. The summed E-state index contributed by atoms with van der Waals surface area (Å²) in [6.07, 6.45) is 0.514. The van der Waals surface area contributed by atoms with Crippen LogP contribution < -0.4 is 10.1 Å². The van der Waals surface area contributed by atoms with Crippen LogP contribution >= 0.6 is 34.4 Å². The average molecular weight is 488 g/mol. The number of hydrogen-bond donors (Lipinski definition) is 1. The van der Waals surface area contributed by atoms with E-state index < -0.39 is 12.0 Å². The normalized spacial score (nSPS) is 21.6. The molecule has 0 aliphatic carbocycles. The van der Waals surface area contributed by atoms with Crippen molar-refractivity contribution in [2.24, 2.45) is 0 Å². The number of rotatable bonds is 7.